The standard InChI is InChI=1S/C38H43N5O4S.CH4O/c1-3-34(38(47)41-21-25-13-14-25)40-22-31(17-26-15-16-48-23-26)43-37(46)30-19-28(32-11-7-8-12-33(32)35(39)44)18-29(20-30)36(45)42-24(2)27-9-5-4-6-10-27;1-2/h4-12,15-16,18-20,23-25,31,34,40H,3,13-14,17,21-22H2,1-2H3,(H2,39,44)(H,41,47)(H,42,45)(H,43,46);2H,1H3/t24-,31+,34+;/m1./s1. The van der Waals surface area contributed by atoms with Gasteiger partial charge in [-0.2, -0.15) is 11.3 Å². The van der Waals surface area contributed by atoms with Gasteiger partial charge in [-0.15, -0.1) is 0 Å². The third-order valence-electron chi connectivity index (χ3n) is 8.60. The molecule has 7 N–H and O–H groups in total. The molecule has 1 fully saturated rings. The van der Waals surface area contributed by atoms with Crippen LogP contribution < -0.4 is 27.0 Å². The van der Waals surface area contributed by atoms with Gasteiger partial charge in [-0.1, -0.05) is 55.5 Å². The lowest BCUT2D eigenvalue weighted by Crippen LogP contribution is -2.50. The third-order valence-corrected chi connectivity index (χ3v) is 9.33. The summed E-state index contributed by atoms with van der Waals surface area (Å²) in [5.41, 5.74) is 9.55. The number of carbonyl (C=O) groups excluding carboxylic acids is 4. The number of benzene rings is 3. The van der Waals surface area contributed by atoms with E-state index in [9.17, 15) is 19.2 Å². The van der Waals surface area contributed by atoms with E-state index in [0.717, 1.165) is 31.1 Å². The number of primary amides is 1. The molecule has 1 aliphatic carbocycles. The summed E-state index contributed by atoms with van der Waals surface area (Å²) < 4.78 is 0. The Balaban J connectivity index is 0.00000276. The molecule has 0 saturated heterocycles. The predicted molar refractivity (Wildman–Crippen MR) is 198 cm³/mol. The summed E-state index contributed by atoms with van der Waals surface area (Å²) in [6, 6.07) is 22.4. The maximum absolute atomic E-state index is 14.0. The van der Waals surface area contributed by atoms with Crippen molar-refractivity contribution >= 4 is 35.0 Å². The first-order valence-electron chi connectivity index (χ1n) is 16.9. The average Bonchev–Trinajstić information content (AvgIpc) is 3.84. The van der Waals surface area contributed by atoms with E-state index in [1.807, 2.05) is 61.0 Å². The second kappa shape index (κ2) is 18.8. The minimum atomic E-state index is -0.613. The molecule has 0 radical (unpaired) electrons. The van der Waals surface area contributed by atoms with Crippen molar-refractivity contribution in [2.75, 3.05) is 20.2 Å². The Morgan fingerprint density at radius 1 is 0.900 bits per heavy atom. The number of nitrogens with two attached hydrogens (primary N) is 1. The van der Waals surface area contributed by atoms with Crippen molar-refractivity contribution in [3.8, 4) is 11.1 Å². The van der Waals surface area contributed by atoms with Gasteiger partial charge >= 0.3 is 0 Å². The lowest BCUT2D eigenvalue weighted by Gasteiger charge is -2.23. The van der Waals surface area contributed by atoms with Crippen LogP contribution in [-0.2, 0) is 11.2 Å². The van der Waals surface area contributed by atoms with Crippen molar-refractivity contribution in [2.45, 2.75) is 57.7 Å². The summed E-state index contributed by atoms with van der Waals surface area (Å²) in [6.45, 7) is 4.91. The van der Waals surface area contributed by atoms with Crippen LogP contribution in [0.15, 0.2) is 89.6 Å². The Bertz CT molecular complexity index is 1730. The topological polar surface area (TPSA) is 163 Å². The molecule has 1 heterocycles. The first-order chi connectivity index (χ1) is 24.2. The Morgan fingerprint density at radius 2 is 1.56 bits per heavy atom. The highest BCUT2D eigenvalue weighted by atomic mass is 32.1. The molecule has 10 nitrogen and oxygen atoms in total. The van der Waals surface area contributed by atoms with Gasteiger partial charge in [0.2, 0.25) is 11.8 Å². The zero-order chi connectivity index (χ0) is 36.0. The minimum absolute atomic E-state index is 0.0359. The van der Waals surface area contributed by atoms with Crippen molar-refractivity contribution in [2.24, 2.45) is 11.7 Å². The number of aliphatic hydroxyl groups is 1. The number of rotatable bonds is 16. The summed E-state index contributed by atoms with van der Waals surface area (Å²) in [4.78, 5) is 52.8. The summed E-state index contributed by atoms with van der Waals surface area (Å²) in [7, 11) is 1.00. The van der Waals surface area contributed by atoms with E-state index in [1.165, 1.54) is 0 Å². The first kappa shape index (κ1) is 38.0. The van der Waals surface area contributed by atoms with Crippen LogP contribution in [0.1, 0.15) is 81.4 Å². The van der Waals surface area contributed by atoms with Crippen LogP contribution in [0.4, 0.5) is 0 Å². The summed E-state index contributed by atoms with van der Waals surface area (Å²) in [6.07, 6.45) is 3.47. The van der Waals surface area contributed by atoms with E-state index >= 15 is 0 Å². The SMILES string of the molecule is CC[C@H](NC[C@H](Cc1ccsc1)NC(=O)c1cc(C(=O)N[C@H](C)c2ccccc2)cc(-c2ccccc2C(N)=O)c1)C(=O)NCC1CC1.CO. The van der Waals surface area contributed by atoms with Crippen molar-refractivity contribution in [1.29, 1.82) is 0 Å². The summed E-state index contributed by atoms with van der Waals surface area (Å²) >= 11 is 1.58. The van der Waals surface area contributed by atoms with E-state index in [0.29, 0.717) is 43.0 Å². The molecule has 0 spiro atoms. The van der Waals surface area contributed by atoms with Gasteiger partial charge in [0, 0.05) is 42.9 Å². The Morgan fingerprint density at radius 3 is 2.18 bits per heavy atom. The Labute approximate surface area is 297 Å². The monoisotopic (exact) mass is 697 g/mol. The van der Waals surface area contributed by atoms with Gasteiger partial charge in [0.25, 0.3) is 11.8 Å². The van der Waals surface area contributed by atoms with Crippen LogP contribution in [0.2, 0.25) is 0 Å². The second-order valence-electron chi connectivity index (χ2n) is 12.4. The molecule has 1 aliphatic rings. The van der Waals surface area contributed by atoms with Gasteiger partial charge in [-0.05, 0) is 102 Å². The first-order valence-corrected chi connectivity index (χ1v) is 17.8. The fraction of sp³-hybridized carbons (Fsp3) is 0.333. The second-order valence-corrected chi connectivity index (χ2v) is 13.2. The maximum Gasteiger partial charge on any atom is 0.251 e. The van der Waals surface area contributed by atoms with Crippen LogP contribution in [0.3, 0.4) is 0 Å². The molecule has 0 bridgehead atoms. The number of thiophene rings is 1. The summed E-state index contributed by atoms with van der Waals surface area (Å²) in [5, 5.41) is 23.6. The smallest absolute Gasteiger partial charge is 0.251 e. The molecule has 0 unspecified atom stereocenters. The van der Waals surface area contributed by atoms with Crippen LogP contribution in [0.25, 0.3) is 11.1 Å². The van der Waals surface area contributed by atoms with Crippen LogP contribution >= 0.6 is 11.3 Å². The third kappa shape index (κ3) is 10.8. The largest absolute Gasteiger partial charge is 0.400 e. The molecular weight excluding hydrogens is 651 g/mol. The number of hydrogen-bond donors (Lipinski definition) is 6. The zero-order valence-corrected chi connectivity index (χ0v) is 29.6. The van der Waals surface area contributed by atoms with Gasteiger partial charge in [-0.25, -0.2) is 0 Å². The quantitative estimate of drug-likeness (QED) is 0.0981. The van der Waals surface area contributed by atoms with E-state index in [4.69, 9.17) is 10.8 Å². The van der Waals surface area contributed by atoms with E-state index in [2.05, 4.69) is 21.3 Å². The molecule has 4 amide bonds. The molecule has 3 atom stereocenters. The van der Waals surface area contributed by atoms with Crippen molar-refractivity contribution in [3.05, 3.63) is 117 Å². The lowest BCUT2D eigenvalue weighted by molar-refractivity contribution is -0.123. The van der Waals surface area contributed by atoms with E-state index in [-0.39, 0.29) is 52.5 Å². The van der Waals surface area contributed by atoms with Gasteiger partial charge in [0.1, 0.15) is 0 Å². The van der Waals surface area contributed by atoms with Crippen LogP contribution in [-0.4, -0.2) is 61.0 Å². The summed E-state index contributed by atoms with van der Waals surface area (Å²) in [5.74, 6) is -0.814. The normalized spacial score (nSPS) is 13.9. The van der Waals surface area contributed by atoms with Crippen molar-refractivity contribution < 1.29 is 24.3 Å². The van der Waals surface area contributed by atoms with Crippen molar-refractivity contribution in [3.63, 3.8) is 0 Å². The number of amides is 4. The number of nitrogens with one attached hydrogen (secondary N) is 4. The van der Waals surface area contributed by atoms with Gasteiger partial charge < -0.3 is 32.1 Å². The Hall–Kier alpha value is -4.84. The average molecular weight is 698 g/mol. The molecular formula is C39H47N5O5S. The molecule has 50 heavy (non-hydrogen) atoms. The van der Waals surface area contributed by atoms with Crippen LogP contribution in [0, 0.1) is 5.92 Å². The fourth-order valence-electron chi connectivity index (χ4n) is 5.63. The van der Waals surface area contributed by atoms with Gasteiger partial charge in [0.15, 0.2) is 0 Å². The zero-order valence-electron chi connectivity index (χ0n) is 28.8. The molecule has 264 valence electrons. The Kier molecular flexibility index (Phi) is 14.3. The van der Waals surface area contributed by atoms with Crippen LogP contribution in [0.5, 0.6) is 0 Å². The van der Waals surface area contributed by atoms with Crippen molar-refractivity contribution in [1.82, 2.24) is 21.3 Å². The molecule has 11 heteroatoms. The predicted octanol–water partition coefficient (Wildman–Crippen LogP) is 4.85. The highest BCUT2D eigenvalue weighted by molar-refractivity contribution is 7.07. The van der Waals surface area contributed by atoms with E-state index < -0.39 is 5.91 Å². The fourth-order valence-corrected chi connectivity index (χ4v) is 6.31. The highest BCUT2D eigenvalue weighted by Crippen LogP contribution is 2.28. The molecule has 3 aromatic carbocycles. The van der Waals surface area contributed by atoms with E-state index in [1.54, 1.807) is 53.8 Å². The highest BCUT2D eigenvalue weighted by Gasteiger charge is 2.25. The molecule has 5 rings (SSSR count). The molecule has 0 aliphatic heterocycles. The maximum atomic E-state index is 14.0. The molecule has 1 saturated carbocycles. The van der Waals surface area contributed by atoms with Gasteiger partial charge in [-0.3, -0.25) is 19.2 Å². The number of carbonyl (C=O) groups is 4. The molecule has 1 aromatic heterocycles. The number of aliphatic hydroxyl groups excluding tert-OH is 1. The minimum Gasteiger partial charge on any atom is -0.400 e. The number of hydrogen-bond acceptors (Lipinski definition) is 7. The van der Waals surface area contributed by atoms with Gasteiger partial charge in [0.05, 0.1) is 12.1 Å². The molecule has 4 aromatic rings. The lowest BCUT2D eigenvalue weighted by atomic mass is 9.94.